The topological polar surface area (TPSA) is 28.7 Å². The number of hydrogen-bond donors (Lipinski definition) is 1. The van der Waals surface area contributed by atoms with Gasteiger partial charge in [0, 0.05) is 5.39 Å². The number of nitrogens with zero attached hydrogens (tertiary/aromatic N) is 1. The summed E-state index contributed by atoms with van der Waals surface area (Å²) < 4.78 is 0. The van der Waals surface area contributed by atoms with Crippen LogP contribution in [0.2, 0.25) is 0 Å². The number of allylic oxidation sites excluding steroid dienone is 1. The van der Waals surface area contributed by atoms with Crippen LogP contribution in [0.4, 0.5) is 0 Å². The Morgan fingerprint density at radius 3 is 2.21 bits per heavy atom. The van der Waals surface area contributed by atoms with Crippen LogP contribution < -0.4 is 0 Å². The maximum absolute atomic E-state index is 4.22. The van der Waals surface area contributed by atoms with Crippen LogP contribution in [-0.4, -0.2) is 10.2 Å². The first-order valence-electron chi connectivity index (χ1n) is 10.7. The van der Waals surface area contributed by atoms with Crippen LogP contribution in [0.15, 0.2) is 85.1 Å². The molecule has 0 radical (unpaired) electrons. The predicted octanol–water partition coefficient (Wildman–Crippen LogP) is 7.10. The average molecular weight is 379 g/mol. The lowest BCUT2D eigenvalue weighted by Gasteiger charge is -2.20. The van der Waals surface area contributed by atoms with E-state index < -0.39 is 0 Å². The number of aromatic amines is 1. The molecule has 2 nitrogen and oxygen atoms in total. The van der Waals surface area contributed by atoms with Gasteiger partial charge < -0.3 is 0 Å². The van der Waals surface area contributed by atoms with E-state index >= 15 is 0 Å². The molecule has 1 fully saturated rings. The first-order chi connectivity index (χ1) is 14.4. The van der Waals surface area contributed by atoms with Crippen molar-refractivity contribution in [2.75, 3.05) is 0 Å². The fourth-order valence-electron chi connectivity index (χ4n) is 4.72. The molecular formula is C27H26N2. The van der Waals surface area contributed by atoms with Gasteiger partial charge in [0.1, 0.15) is 0 Å². The summed E-state index contributed by atoms with van der Waals surface area (Å²) in [7, 11) is 0. The summed E-state index contributed by atoms with van der Waals surface area (Å²) in [5.41, 5.74) is 7.79. The normalized spacial score (nSPS) is 15.6. The maximum Gasteiger partial charge on any atom is 0.0650 e. The van der Waals surface area contributed by atoms with Crippen LogP contribution in [0.5, 0.6) is 0 Å². The lowest BCUT2D eigenvalue weighted by Crippen LogP contribution is -2.01. The number of hydrogen-bond acceptors (Lipinski definition) is 1. The molecule has 1 saturated carbocycles. The van der Waals surface area contributed by atoms with E-state index in [2.05, 4.69) is 89.1 Å². The van der Waals surface area contributed by atoms with Crippen molar-refractivity contribution in [1.29, 1.82) is 0 Å². The predicted molar refractivity (Wildman–Crippen MR) is 121 cm³/mol. The molecule has 2 heteroatoms. The molecule has 0 bridgehead atoms. The van der Waals surface area contributed by atoms with Crippen LogP contribution in [0.3, 0.4) is 0 Å². The van der Waals surface area contributed by atoms with Crippen molar-refractivity contribution in [3.05, 3.63) is 102 Å². The van der Waals surface area contributed by atoms with Gasteiger partial charge in [-0.05, 0) is 52.3 Å². The van der Waals surface area contributed by atoms with Gasteiger partial charge >= 0.3 is 0 Å². The Morgan fingerprint density at radius 1 is 0.793 bits per heavy atom. The van der Waals surface area contributed by atoms with Gasteiger partial charge in [0.05, 0.1) is 11.7 Å². The van der Waals surface area contributed by atoms with Crippen molar-refractivity contribution in [3.8, 4) is 0 Å². The molecule has 0 atom stereocenters. The monoisotopic (exact) mass is 378 g/mol. The van der Waals surface area contributed by atoms with Crippen molar-refractivity contribution in [2.45, 2.75) is 32.1 Å². The van der Waals surface area contributed by atoms with E-state index in [1.54, 1.807) is 0 Å². The molecule has 1 heterocycles. The highest BCUT2D eigenvalue weighted by Gasteiger charge is 2.21. The molecule has 144 valence electrons. The molecule has 0 saturated heterocycles. The average Bonchev–Trinajstić information content (AvgIpc) is 3.46. The quantitative estimate of drug-likeness (QED) is 0.369. The van der Waals surface area contributed by atoms with E-state index in [0.717, 1.165) is 23.2 Å². The molecule has 0 aliphatic heterocycles. The van der Waals surface area contributed by atoms with Gasteiger partial charge in [-0.25, -0.2) is 0 Å². The van der Waals surface area contributed by atoms with E-state index in [9.17, 15) is 0 Å². The van der Waals surface area contributed by atoms with E-state index in [1.807, 2.05) is 6.20 Å². The van der Waals surface area contributed by atoms with Crippen LogP contribution in [0, 0.1) is 5.92 Å². The van der Waals surface area contributed by atoms with Crippen molar-refractivity contribution in [2.24, 2.45) is 5.92 Å². The van der Waals surface area contributed by atoms with Crippen molar-refractivity contribution < 1.29 is 0 Å². The Morgan fingerprint density at radius 2 is 1.48 bits per heavy atom. The minimum Gasteiger partial charge on any atom is -0.278 e. The second-order valence-corrected chi connectivity index (χ2v) is 8.11. The Bertz CT molecular complexity index is 1120. The first-order valence-corrected chi connectivity index (χ1v) is 10.7. The number of benzene rings is 3. The fraction of sp³-hybridized carbons (Fsp3) is 0.222. The largest absolute Gasteiger partial charge is 0.278 e. The lowest BCUT2D eigenvalue weighted by molar-refractivity contribution is 0.566. The Balaban J connectivity index is 1.74. The van der Waals surface area contributed by atoms with Crippen LogP contribution in [0.1, 0.15) is 48.8 Å². The first kappa shape index (κ1) is 17.9. The third-order valence-corrected chi connectivity index (χ3v) is 6.18. The smallest absolute Gasteiger partial charge is 0.0650 e. The summed E-state index contributed by atoms with van der Waals surface area (Å²) in [6.07, 6.45) is 8.49. The molecule has 1 aliphatic carbocycles. The van der Waals surface area contributed by atoms with Gasteiger partial charge in [-0.3, -0.25) is 5.10 Å². The SMILES string of the molecule is c1ccc(/C(CC2CCCC2)=C(\c2ccccc2)c2ccc3[nH]ncc3c2)cc1. The third kappa shape index (κ3) is 3.75. The lowest BCUT2D eigenvalue weighted by atomic mass is 9.84. The highest BCUT2D eigenvalue weighted by Crippen LogP contribution is 2.40. The number of fused-ring (bicyclic) bond motifs is 1. The molecule has 0 unspecified atom stereocenters. The van der Waals surface area contributed by atoms with Gasteiger partial charge in [-0.15, -0.1) is 0 Å². The summed E-state index contributed by atoms with van der Waals surface area (Å²) in [5.74, 6) is 0.779. The number of aromatic nitrogens is 2. The summed E-state index contributed by atoms with van der Waals surface area (Å²) in [5, 5.41) is 8.46. The Hall–Kier alpha value is -3.13. The van der Waals surface area contributed by atoms with Gasteiger partial charge in [0.15, 0.2) is 0 Å². The third-order valence-electron chi connectivity index (χ3n) is 6.18. The molecule has 1 aromatic heterocycles. The van der Waals surface area contributed by atoms with Gasteiger partial charge in [-0.1, -0.05) is 92.4 Å². The molecule has 0 amide bonds. The zero-order chi connectivity index (χ0) is 19.5. The van der Waals surface area contributed by atoms with Crippen LogP contribution in [-0.2, 0) is 0 Å². The fourth-order valence-corrected chi connectivity index (χ4v) is 4.72. The summed E-state index contributed by atoms with van der Waals surface area (Å²) in [6.45, 7) is 0. The maximum atomic E-state index is 4.22. The van der Waals surface area contributed by atoms with Gasteiger partial charge in [-0.2, -0.15) is 5.10 Å². The van der Waals surface area contributed by atoms with Crippen molar-refractivity contribution in [1.82, 2.24) is 10.2 Å². The van der Waals surface area contributed by atoms with Crippen molar-refractivity contribution in [3.63, 3.8) is 0 Å². The second-order valence-electron chi connectivity index (χ2n) is 8.11. The molecule has 0 spiro atoms. The molecular weight excluding hydrogens is 352 g/mol. The van der Waals surface area contributed by atoms with Crippen LogP contribution >= 0.6 is 0 Å². The zero-order valence-electron chi connectivity index (χ0n) is 16.6. The molecule has 1 N–H and O–H groups in total. The van der Waals surface area contributed by atoms with E-state index in [0.29, 0.717) is 0 Å². The van der Waals surface area contributed by atoms with E-state index in [-0.39, 0.29) is 0 Å². The minimum absolute atomic E-state index is 0.779. The molecule has 1 aliphatic rings. The number of nitrogens with one attached hydrogen (secondary N) is 1. The second kappa shape index (κ2) is 8.08. The Kier molecular flexibility index (Phi) is 5.00. The zero-order valence-corrected chi connectivity index (χ0v) is 16.6. The van der Waals surface area contributed by atoms with Crippen molar-refractivity contribution >= 4 is 22.0 Å². The highest BCUT2D eigenvalue weighted by atomic mass is 15.1. The van der Waals surface area contributed by atoms with Gasteiger partial charge in [0.2, 0.25) is 0 Å². The molecule has 4 aromatic rings. The van der Waals surface area contributed by atoms with Crippen LogP contribution in [0.25, 0.3) is 22.0 Å². The summed E-state index contributed by atoms with van der Waals surface area (Å²) >= 11 is 0. The molecule has 3 aromatic carbocycles. The minimum atomic E-state index is 0.779. The summed E-state index contributed by atoms with van der Waals surface area (Å²) in [4.78, 5) is 0. The van der Waals surface area contributed by atoms with Gasteiger partial charge in [0.25, 0.3) is 0 Å². The highest BCUT2D eigenvalue weighted by molar-refractivity contribution is 6.00. The standard InChI is InChI=1S/C27H26N2/c1-3-11-21(12-4-1)25(17-20-9-7-8-10-20)27(22-13-5-2-6-14-22)23-15-16-26-24(18-23)19-28-29-26/h1-6,11-16,18-20H,7-10,17H2,(H,28,29)/b27-25+. The van der Waals surface area contributed by atoms with E-state index in [4.69, 9.17) is 0 Å². The number of rotatable bonds is 5. The number of H-pyrrole nitrogens is 1. The molecule has 5 rings (SSSR count). The van der Waals surface area contributed by atoms with E-state index in [1.165, 1.54) is 53.5 Å². The Labute approximate surface area is 172 Å². The molecule has 29 heavy (non-hydrogen) atoms. The summed E-state index contributed by atoms with van der Waals surface area (Å²) in [6, 6.07) is 28.5.